The minimum atomic E-state index is -3.79. The number of sulfonamides is 1. The van der Waals surface area contributed by atoms with E-state index in [-0.39, 0.29) is 29.3 Å². The quantitative estimate of drug-likeness (QED) is 0.442. The number of anilines is 1. The van der Waals surface area contributed by atoms with Crippen LogP contribution in [0.2, 0.25) is 5.02 Å². The van der Waals surface area contributed by atoms with E-state index in [9.17, 15) is 18.0 Å². The topological polar surface area (TPSA) is 113 Å². The molecule has 0 spiro atoms. The molecule has 2 aromatic rings. The first-order valence-corrected chi connectivity index (χ1v) is 10.8. The zero-order valence-electron chi connectivity index (χ0n) is 16.8. The number of ether oxygens (including phenoxy) is 1. The van der Waals surface area contributed by atoms with Gasteiger partial charge in [0.25, 0.3) is 0 Å². The monoisotopic (exact) mass is 454 g/mol. The Hall–Kier alpha value is -2.46. The van der Waals surface area contributed by atoms with Crippen LogP contribution in [0.5, 0.6) is 0 Å². The van der Waals surface area contributed by atoms with Crippen LogP contribution in [-0.4, -0.2) is 62.9 Å². The lowest BCUT2D eigenvalue weighted by atomic mass is 10.1. The molecule has 0 saturated heterocycles. The van der Waals surface area contributed by atoms with Gasteiger partial charge in [0.05, 0.1) is 17.1 Å². The predicted octanol–water partition coefficient (Wildman–Crippen LogP) is 2.42. The second kappa shape index (κ2) is 10.0. The summed E-state index contributed by atoms with van der Waals surface area (Å²) in [5, 5.41) is 12.3. The number of carbonyl (C=O) groups is 2. The molecule has 8 nitrogen and oxygen atoms in total. The van der Waals surface area contributed by atoms with Crippen molar-refractivity contribution in [1.29, 1.82) is 0 Å². The van der Waals surface area contributed by atoms with Crippen LogP contribution in [0.15, 0.2) is 47.4 Å². The second-order valence-corrected chi connectivity index (χ2v) is 9.15. The average molecular weight is 455 g/mol. The van der Waals surface area contributed by atoms with E-state index in [1.165, 1.54) is 51.4 Å². The second-order valence-electron chi connectivity index (χ2n) is 6.56. The molecule has 0 unspecified atom stereocenters. The Morgan fingerprint density at radius 2 is 1.80 bits per heavy atom. The fraction of sp³-hybridized carbons (Fsp3) is 0.300. The van der Waals surface area contributed by atoms with Crippen molar-refractivity contribution in [2.45, 2.75) is 17.9 Å². The van der Waals surface area contributed by atoms with Gasteiger partial charge in [-0.05, 0) is 49.4 Å². The van der Waals surface area contributed by atoms with Crippen LogP contribution in [0.1, 0.15) is 27.6 Å². The van der Waals surface area contributed by atoms with Crippen molar-refractivity contribution >= 4 is 39.1 Å². The summed E-state index contributed by atoms with van der Waals surface area (Å²) in [6, 6.07) is 10.1. The zero-order valence-corrected chi connectivity index (χ0v) is 18.3. The summed E-state index contributed by atoms with van der Waals surface area (Å²) in [5.41, 5.74) is 0.530. The highest BCUT2D eigenvalue weighted by Gasteiger charge is 2.25. The van der Waals surface area contributed by atoms with Crippen molar-refractivity contribution in [2.24, 2.45) is 0 Å². The molecule has 0 fully saturated rings. The largest absolute Gasteiger partial charge is 0.451 e. The van der Waals surface area contributed by atoms with Crippen LogP contribution in [0, 0.1) is 0 Å². The molecule has 0 radical (unpaired) electrons. The third-order valence-corrected chi connectivity index (χ3v) is 6.26. The van der Waals surface area contributed by atoms with Gasteiger partial charge in [-0.2, -0.15) is 0 Å². The number of nitrogens with one attached hydrogen (secondary N) is 1. The predicted molar refractivity (Wildman–Crippen MR) is 114 cm³/mol. The van der Waals surface area contributed by atoms with Crippen LogP contribution >= 0.6 is 11.6 Å². The van der Waals surface area contributed by atoms with Gasteiger partial charge >= 0.3 is 5.97 Å². The highest BCUT2D eigenvalue weighted by molar-refractivity contribution is 7.89. The molecule has 0 bridgehead atoms. The van der Waals surface area contributed by atoms with E-state index >= 15 is 0 Å². The van der Waals surface area contributed by atoms with Crippen LogP contribution in [0.3, 0.4) is 0 Å². The molecule has 0 heterocycles. The van der Waals surface area contributed by atoms with Gasteiger partial charge in [-0.3, -0.25) is 4.79 Å². The fourth-order valence-corrected chi connectivity index (χ4v) is 3.59. The fourth-order valence-electron chi connectivity index (χ4n) is 2.53. The van der Waals surface area contributed by atoms with Gasteiger partial charge in [0, 0.05) is 36.9 Å². The molecular formula is C20H23ClN2O6S. The maximum atomic E-state index is 12.8. The number of hydrogen-bond donors (Lipinski definition) is 2. The lowest BCUT2D eigenvalue weighted by Gasteiger charge is -2.17. The Labute approximate surface area is 180 Å². The summed E-state index contributed by atoms with van der Waals surface area (Å²) in [5.74, 6) is -1.30. The first kappa shape index (κ1) is 23.8. The molecule has 0 aromatic heterocycles. The maximum Gasteiger partial charge on any atom is 0.341 e. The van der Waals surface area contributed by atoms with Crippen molar-refractivity contribution < 1.29 is 27.9 Å². The molecule has 2 aromatic carbocycles. The number of hydrogen-bond acceptors (Lipinski definition) is 7. The number of halogens is 1. The van der Waals surface area contributed by atoms with Crippen LogP contribution in [0.4, 0.5) is 5.69 Å². The first-order valence-electron chi connectivity index (χ1n) is 9.00. The van der Waals surface area contributed by atoms with Crippen molar-refractivity contribution in [3.05, 3.63) is 58.6 Å². The molecule has 0 aliphatic rings. The summed E-state index contributed by atoms with van der Waals surface area (Å²) in [6.07, 6.45) is -1.11. The molecule has 0 amide bonds. The lowest BCUT2D eigenvalue weighted by molar-refractivity contribution is 0.0319. The number of benzene rings is 2. The van der Waals surface area contributed by atoms with Crippen molar-refractivity contribution in [2.75, 3.05) is 32.6 Å². The highest BCUT2D eigenvalue weighted by Crippen LogP contribution is 2.24. The van der Waals surface area contributed by atoms with Gasteiger partial charge in [-0.1, -0.05) is 11.6 Å². The van der Waals surface area contributed by atoms with Crippen molar-refractivity contribution in [3.8, 4) is 0 Å². The van der Waals surface area contributed by atoms with E-state index in [2.05, 4.69) is 5.32 Å². The summed E-state index contributed by atoms with van der Waals surface area (Å²) < 4.78 is 31.2. The van der Waals surface area contributed by atoms with Gasteiger partial charge in [0.15, 0.2) is 6.10 Å². The maximum absolute atomic E-state index is 12.8. The number of Topliss-reactive ketones (excluding diaryl/α,β-unsaturated/α-hetero) is 1. The molecule has 1 atom stereocenters. The third kappa shape index (κ3) is 5.57. The van der Waals surface area contributed by atoms with E-state index < -0.39 is 27.9 Å². The smallest absolute Gasteiger partial charge is 0.341 e. The van der Waals surface area contributed by atoms with Crippen molar-refractivity contribution in [1.82, 2.24) is 4.31 Å². The van der Waals surface area contributed by atoms with Gasteiger partial charge < -0.3 is 15.2 Å². The Balaban J connectivity index is 2.33. The molecule has 10 heteroatoms. The van der Waals surface area contributed by atoms with Crippen LogP contribution in [-0.2, 0) is 14.8 Å². The third-order valence-electron chi connectivity index (χ3n) is 4.20. The van der Waals surface area contributed by atoms with Gasteiger partial charge in [0.2, 0.25) is 15.8 Å². The standard InChI is InChI=1S/C20H23ClN2O6S/c1-13(19(25)14-4-6-15(21)7-5-14)29-20(26)17-12-16(30(27,28)23(2)3)8-9-18(17)22-10-11-24/h4-9,12-13,22,24H,10-11H2,1-3H3/t13-/m0/s1. The summed E-state index contributed by atoms with van der Waals surface area (Å²) in [7, 11) is -1.05. The van der Waals surface area contributed by atoms with Gasteiger partial charge in [-0.15, -0.1) is 0 Å². The molecule has 0 aliphatic carbocycles. The normalized spacial score (nSPS) is 12.5. The van der Waals surface area contributed by atoms with Crippen LogP contribution in [0.25, 0.3) is 0 Å². The number of esters is 1. The van der Waals surface area contributed by atoms with E-state index in [1.807, 2.05) is 0 Å². The van der Waals surface area contributed by atoms with E-state index in [1.54, 1.807) is 12.1 Å². The molecule has 30 heavy (non-hydrogen) atoms. The van der Waals surface area contributed by atoms with E-state index in [0.717, 1.165) is 4.31 Å². The number of aliphatic hydroxyl groups excluding tert-OH is 1. The van der Waals surface area contributed by atoms with Crippen molar-refractivity contribution in [3.63, 3.8) is 0 Å². The first-order chi connectivity index (χ1) is 14.1. The number of nitrogens with zero attached hydrogens (tertiary/aromatic N) is 1. The average Bonchev–Trinajstić information content (AvgIpc) is 2.71. The van der Waals surface area contributed by atoms with Crippen LogP contribution < -0.4 is 5.32 Å². The minimum Gasteiger partial charge on any atom is -0.451 e. The summed E-state index contributed by atoms with van der Waals surface area (Å²) >= 11 is 5.82. The van der Waals surface area contributed by atoms with E-state index in [0.29, 0.717) is 10.6 Å². The van der Waals surface area contributed by atoms with Gasteiger partial charge in [-0.25, -0.2) is 17.5 Å². The molecule has 162 valence electrons. The number of aliphatic hydroxyl groups is 1. The Morgan fingerprint density at radius 3 is 2.37 bits per heavy atom. The summed E-state index contributed by atoms with van der Waals surface area (Å²) in [4.78, 5) is 25.2. The summed E-state index contributed by atoms with van der Waals surface area (Å²) in [6.45, 7) is 1.37. The molecule has 2 N–H and O–H groups in total. The number of rotatable bonds is 9. The Kier molecular flexibility index (Phi) is 7.96. The minimum absolute atomic E-state index is 0.0675. The number of carbonyl (C=O) groups excluding carboxylic acids is 2. The molecule has 0 saturated carbocycles. The molecular weight excluding hydrogens is 432 g/mol. The Bertz CT molecular complexity index is 1020. The van der Waals surface area contributed by atoms with E-state index in [4.69, 9.17) is 21.4 Å². The number of ketones is 1. The van der Waals surface area contributed by atoms with Gasteiger partial charge in [0.1, 0.15) is 0 Å². The highest BCUT2D eigenvalue weighted by atomic mass is 35.5. The zero-order chi connectivity index (χ0) is 22.5. The molecule has 2 rings (SSSR count). The molecule has 0 aliphatic heterocycles. The Morgan fingerprint density at radius 1 is 1.17 bits per heavy atom. The SMILES string of the molecule is C[C@H](OC(=O)c1cc(S(=O)(=O)N(C)C)ccc1NCCO)C(=O)c1ccc(Cl)cc1. The lowest BCUT2D eigenvalue weighted by Crippen LogP contribution is -2.26.